The zero-order valence-corrected chi connectivity index (χ0v) is 21.0. The number of amides is 1. The van der Waals surface area contributed by atoms with Gasteiger partial charge in [-0.05, 0) is 50.8 Å². The topological polar surface area (TPSA) is 70.0 Å². The van der Waals surface area contributed by atoms with Crippen LogP contribution in [0.4, 0.5) is 10.6 Å². The summed E-state index contributed by atoms with van der Waals surface area (Å²) in [6, 6.07) is 5.30. The Balaban J connectivity index is 2.87. The third kappa shape index (κ3) is 6.17. The Bertz CT molecular complexity index is 1010. The van der Waals surface area contributed by atoms with E-state index in [1.54, 1.807) is 36.9 Å². The van der Waals surface area contributed by atoms with Crippen molar-refractivity contribution in [2.45, 2.75) is 73.5 Å². The van der Waals surface area contributed by atoms with E-state index < -0.39 is 11.7 Å². The summed E-state index contributed by atoms with van der Waals surface area (Å²) in [4.78, 5) is 28.0. The van der Waals surface area contributed by atoms with Crippen LogP contribution in [0, 0.1) is 5.41 Å². The molecule has 0 saturated carbocycles. The Morgan fingerprint density at radius 3 is 2.28 bits per heavy atom. The molecule has 0 spiro atoms. The second-order valence-electron chi connectivity index (χ2n) is 10.3. The Morgan fingerprint density at radius 2 is 1.75 bits per heavy atom. The lowest BCUT2D eigenvalue weighted by Crippen LogP contribution is -2.39. The van der Waals surface area contributed by atoms with Crippen molar-refractivity contribution in [3.8, 4) is 11.5 Å². The highest BCUT2D eigenvalue weighted by molar-refractivity contribution is 5.97. The molecule has 0 aliphatic carbocycles. The van der Waals surface area contributed by atoms with Crippen LogP contribution in [0.5, 0.6) is 11.5 Å². The van der Waals surface area contributed by atoms with Crippen molar-refractivity contribution in [1.82, 2.24) is 4.57 Å². The molecule has 0 unspecified atom stereocenters. The molecule has 2 rings (SSSR count). The van der Waals surface area contributed by atoms with E-state index in [0.29, 0.717) is 41.2 Å². The summed E-state index contributed by atoms with van der Waals surface area (Å²) in [6.45, 7) is 14.5. The summed E-state index contributed by atoms with van der Waals surface area (Å²) in [6.07, 6.45) is 1.25. The van der Waals surface area contributed by atoms with Crippen molar-refractivity contribution >= 4 is 22.7 Å². The average Bonchev–Trinajstić information content (AvgIpc) is 2.68. The van der Waals surface area contributed by atoms with Crippen molar-refractivity contribution in [2.24, 2.45) is 5.41 Å². The molecule has 178 valence electrons. The third-order valence-electron chi connectivity index (χ3n) is 4.77. The van der Waals surface area contributed by atoms with E-state index in [1.165, 1.54) is 4.90 Å². The number of nitrogens with zero attached hydrogens (tertiary/aromatic N) is 2. The Morgan fingerprint density at radius 1 is 1.09 bits per heavy atom. The number of hydrogen-bond donors (Lipinski definition) is 0. The Labute approximate surface area is 191 Å². The number of hydrogen-bond acceptors (Lipinski definition) is 5. The van der Waals surface area contributed by atoms with Crippen molar-refractivity contribution in [3.63, 3.8) is 0 Å². The first-order valence-corrected chi connectivity index (χ1v) is 11.1. The number of unbranched alkanes of at least 4 members (excludes halogenated alkanes) is 1. The van der Waals surface area contributed by atoms with Crippen LogP contribution in [0.1, 0.15) is 61.3 Å². The van der Waals surface area contributed by atoms with Crippen molar-refractivity contribution in [2.75, 3.05) is 25.7 Å². The molecule has 0 bridgehead atoms. The zero-order valence-electron chi connectivity index (χ0n) is 21.0. The number of carbonyl (C=O) groups excluding carboxylic acids is 1. The second kappa shape index (κ2) is 9.84. The molecule has 32 heavy (non-hydrogen) atoms. The van der Waals surface area contributed by atoms with E-state index in [9.17, 15) is 9.59 Å². The van der Waals surface area contributed by atoms with E-state index in [2.05, 4.69) is 6.92 Å². The minimum atomic E-state index is -0.677. The van der Waals surface area contributed by atoms with E-state index in [1.807, 2.05) is 41.5 Å². The molecular weight excluding hydrogens is 408 g/mol. The van der Waals surface area contributed by atoms with Crippen LogP contribution in [-0.4, -0.2) is 37.0 Å². The number of ether oxygens (including phenoxy) is 3. The van der Waals surface area contributed by atoms with Gasteiger partial charge in [0.05, 0.1) is 19.1 Å². The number of benzene rings is 1. The summed E-state index contributed by atoms with van der Waals surface area (Å²) < 4.78 is 18.9. The third-order valence-corrected chi connectivity index (χ3v) is 4.77. The van der Waals surface area contributed by atoms with Gasteiger partial charge in [0.1, 0.15) is 11.4 Å². The van der Waals surface area contributed by atoms with Crippen LogP contribution in [0.2, 0.25) is 0 Å². The first-order valence-electron chi connectivity index (χ1n) is 11.1. The predicted molar refractivity (Wildman–Crippen MR) is 129 cm³/mol. The van der Waals surface area contributed by atoms with E-state index in [4.69, 9.17) is 14.2 Å². The number of anilines is 1. The molecule has 0 radical (unpaired) electrons. The molecule has 0 N–H and O–H groups in total. The number of carbonyl (C=O) groups is 1. The van der Waals surface area contributed by atoms with Crippen LogP contribution in [0.25, 0.3) is 10.8 Å². The van der Waals surface area contributed by atoms with E-state index >= 15 is 0 Å². The lowest BCUT2D eigenvalue weighted by Gasteiger charge is -2.30. The largest absolute Gasteiger partial charge is 0.497 e. The molecule has 0 fully saturated rings. The predicted octanol–water partition coefficient (Wildman–Crippen LogP) is 5.61. The highest BCUT2D eigenvalue weighted by atomic mass is 16.6. The Kier molecular flexibility index (Phi) is 7.86. The van der Waals surface area contributed by atoms with Crippen LogP contribution in [0.15, 0.2) is 23.0 Å². The molecule has 0 aliphatic rings. The van der Waals surface area contributed by atoms with Gasteiger partial charge in [0.2, 0.25) is 0 Å². The molecule has 0 atom stereocenters. The van der Waals surface area contributed by atoms with Crippen molar-refractivity contribution in [3.05, 3.63) is 28.6 Å². The highest BCUT2D eigenvalue weighted by Gasteiger charge is 2.29. The monoisotopic (exact) mass is 446 g/mol. The fourth-order valence-electron chi connectivity index (χ4n) is 3.34. The number of rotatable bonds is 7. The number of pyridine rings is 1. The van der Waals surface area contributed by atoms with Gasteiger partial charge in [0.25, 0.3) is 5.56 Å². The number of aromatic nitrogens is 1. The molecule has 2 aromatic rings. The van der Waals surface area contributed by atoms with Gasteiger partial charge in [-0.25, -0.2) is 4.79 Å². The maximum atomic E-state index is 13.6. The maximum Gasteiger partial charge on any atom is 0.415 e. The molecule has 7 heteroatoms. The lowest BCUT2D eigenvalue weighted by molar-refractivity contribution is 0.0585. The van der Waals surface area contributed by atoms with Gasteiger partial charge in [-0.15, -0.1) is 0 Å². The molecular formula is C25H38N2O5. The SMILES string of the molecule is CCCCOc1c(N(C)C(=O)OC(C)(C)C)n(CC(C)(C)C)c(=O)c2ccc(OC)cc12. The summed E-state index contributed by atoms with van der Waals surface area (Å²) >= 11 is 0. The zero-order chi connectivity index (χ0) is 24.3. The summed E-state index contributed by atoms with van der Waals surface area (Å²) in [5, 5.41) is 1.13. The fraction of sp³-hybridized carbons (Fsp3) is 0.600. The lowest BCUT2D eigenvalue weighted by atomic mass is 9.96. The number of fused-ring (bicyclic) bond motifs is 1. The normalized spacial score (nSPS) is 12.0. The minimum Gasteiger partial charge on any atom is -0.497 e. The van der Waals surface area contributed by atoms with Gasteiger partial charge in [0, 0.05) is 19.0 Å². The van der Waals surface area contributed by atoms with Crippen molar-refractivity contribution in [1.29, 1.82) is 0 Å². The van der Waals surface area contributed by atoms with Gasteiger partial charge in [-0.2, -0.15) is 0 Å². The first kappa shape index (κ1) is 25.6. The fourth-order valence-corrected chi connectivity index (χ4v) is 3.34. The van der Waals surface area contributed by atoms with Gasteiger partial charge >= 0.3 is 6.09 Å². The second-order valence-corrected chi connectivity index (χ2v) is 10.3. The molecule has 0 saturated heterocycles. The first-order chi connectivity index (χ1) is 14.8. The molecule has 1 aromatic heterocycles. The summed E-state index contributed by atoms with van der Waals surface area (Å²) in [5.74, 6) is 1.47. The molecule has 7 nitrogen and oxygen atoms in total. The van der Waals surface area contributed by atoms with Gasteiger partial charge in [-0.3, -0.25) is 14.3 Å². The van der Waals surface area contributed by atoms with Gasteiger partial charge in [0.15, 0.2) is 11.6 Å². The summed E-state index contributed by atoms with van der Waals surface area (Å²) in [7, 11) is 3.19. The summed E-state index contributed by atoms with van der Waals surface area (Å²) in [5.41, 5.74) is -1.08. The van der Waals surface area contributed by atoms with Crippen molar-refractivity contribution < 1.29 is 19.0 Å². The van der Waals surface area contributed by atoms with Crippen LogP contribution in [0.3, 0.4) is 0 Å². The molecule has 1 amide bonds. The van der Waals surface area contributed by atoms with E-state index in [-0.39, 0.29) is 11.0 Å². The number of methoxy groups -OCH3 is 1. The molecule has 0 aliphatic heterocycles. The van der Waals surface area contributed by atoms with Crippen LogP contribution < -0.4 is 19.9 Å². The average molecular weight is 447 g/mol. The standard InChI is InChI=1S/C25H38N2O5/c1-10-11-14-31-20-19-15-17(30-9)12-13-18(19)22(28)27(16-24(2,3)4)21(20)26(8)23(29)32-25(5,6)7/h12-13,15H,10-11,14,16H2,1-9H3. The highest BCUT2D eigenvalue weighted by Crippen LogP contribution is 2.38. The minimum absolute atomic E-state index is 0.189. The molecule has 1 heterocycles. The van der Waals surface area contributed by atoms with Gasteiger partial charge < -0.3 is 14.2 Å². The quantitative estimate of drug-likeness (QED) is 0.517. The van der Waals surface area contributed by atoms with E-state index in [0.717, 1.165) is 12.8 Å². The Hall–Kier alpha value is -2.70. The van der Waals surface area contributed by atoms with Gasteiger partial charge in [-0.1, -0.05) is 34.1 Å². The molecule has 1 aromatic carbocycles. The van der Waals surface area contributed by atoms with Crippen LogP contribution in [-0.2, 0) is 11.3 Å². The van der Waals surface area contributed by atoms with Crippen LogP contribution >= 0.6 is 0 Å². The smallest absolute Gasteiger partial charge is 0.415 e. The maximum absolute atomic E-state index is 13.6.